The molecule has 3 rings (SSSR count). The minimum Gasteiger partial charge on any atom is -0.395 e. The average Bonchev–Trinajstić information content (AvgIpc) is 2.87. The fraction of sp³-hybridized carbons (Fsp3) is 0.588. The zero-order valence-electron chi connectivity index (χ0n) is 12.7. The molecule has 0 radical (unpaired) electrons. The number of fused-ring (bicyclic) bond motifs is 1. The van der Waals surface area contributed by atoms with Gasteiger partial charge in [0.2, 0.25) is 5.91 Å². The maximum Gasteiger partial charge on any atom is 0.234 e. The normalized spacial score (nSPS) is 28.4. The molecule has 3 unspecified atom stereocenters. The van der Waals surface area contributed by atoms with Crippen LogP contribution in [0.2, 0.25) is 0 Å². The summed E-state index contributed by atoms with van der Waals surface area (Å²) in [5.41, 5.74) is 2.55. The summed E-state index contributed by atoms with van der Waals surface area (Å²) in [5, 5.41) is 22.1. The molecule has 1 amide bonds. The second kappa shape index (κ2) is 6.77. The third-order valence-corrected chi connectivity index (χ3v) is 4.77. The van der Waals surface area contributed by atoms with Gasteiger partial charge in [-0.05, 0) is 36.8 Å². The van der Waals surface area contributed by atoms with E-state index in [-0.39, 0.29) is 31.1 Å². The molecule has 1 aliphatic carbocycles. The minimum absolute atomic E-state index is 0.0173. The molecule has 2 aliphatic rings. The molecular formula is C17H24N2O3. The van der Waals surface area contributed by atoms with Crippen molar-refractivity contribution in [3.8, 4) is 0 Å². The van der Waals surface area contributed by atoms with Gasteiger partial charge in [0, 0.05) is 12.6 Å². The predicted octanol–water partition coefficient (Wildman–Crippen LogP) is 0.608. The highest BCUT2D eigenvalue weighted by atomic mass is 16.3. The van der Waals surface area contributed by atoms with Crippen LogP contribution in [0.5, 0.6) is 0 Å². The molecule has 1 aliphatic heterocycles. The molecule has 1 heterocycles. The highest BCUT2D eigenvalue weighted by molar-refractivity contribution is 5.78. The van der Waals surface area contributed by atoms with Crippen LogP contribution in [0, 0.1) is 0 Å². The Balaban J connectivity index is 1.61. The van der Waals surface area contributed by atoms with Crippen LogP contribution in [0.25, 0.3) is 0 Å². The van der Waals surface area contributed by atoms with Crippen molar-refractivity contribution in [1.29, 1.82) is 0 Å². The number of aliphatic hydroxyl groups excluding tert-OH is 2. The number of nitrogens with zero attached hydrogens (tertiary/aromatic N) is 1. The number of carbonyl (C=O) groups excluding carboxylic acids is 1. The molecule has 3 N–H and O–H groups in total. The van der Waals surface area contributed by atoms with Gasteiger partial charge in [-0.25, -0.2) is 0 Å². The van der Waals surface area contributed by atoms with Crippen molar-refractivity contribution in [2.45, 2.75) is 43.9 Å². The topological polar surface area (TPSA) is 72.8 Å². The molecular weight excluding hydrogens is 280 g/mol. The van der Waals surface area contributed by atoms with Gasteiger partial charge < -0.3 is 15.5 Å². The Bertz CT molecular complexity index is 534. The standard InChI is InChI=1S/C17H24N2O3/c20-11-13-8-14(21)9-19(13)10-17(22)18-16-7-3-5-12-4-1-2-6-15(12)16/h1-2,4,6,13-14,16,20-21H,3,5,7-11H2,(H,18,22). The van der Waals surface area contributed by atoms with Crippen LogP contribution in [0.1, 0.15) is 36.4 Å². The number of nitrogens with one attached hydrogen (secondary N) is 1. The number of rotatable bonds is 4. The lowest BCUT2D eigenvalue weighted by Crippen LogP contribution is -2.42. The molecule has 1 aromatic carbocycles. The van der Waals surface area contributed by atoms with Crippen LogP contribution in [0.3, 0.4) is 0 Å². The number of hydrogen-bond acceptors (Lipinski definition) is 4. The maximum absolute atomic E-state index is 12.3. The largest absolute Gasteiger partial charge is 0.395 e. The summed E-state index contributed by atoms with van der Waals surface area (Å²) in [6.45, 7) is 0.678. The van der Waals surface area contributed by atoms with Crippen molar-refractivity contribution < 1.29 is 15.0 Å². The van der Waals surface area contributed by atoms with Crippen molar-refractivity contribution >= 4 is 5.91 Å². The second-order valence-corrected chi connectivity index (χ2v) is 6.37. The molecule has 1 saturated heterocycles. The zero-order valence-corrected chi connectivity index (χ0v) is 12.7. The lowest BCUT2D eigenvalue weighted by Gasteiger charge is -2.28. The lowest BCUT2D eigenvalue weighted by atomic mass is 9.88. The van der Waals surface area contributed by atoms with Crippen molar-refractivity contribution in [3.05, 3.63) is 35.4 Å². The first kappa shape index (κ1) is 15.5. The van der Waals surface area contributed by atoms with E-state index < -0.39 is 6.10 Å². The van der Waals surface area contributed by atoms with Crippen molar-refractivity contribution in [1.82, 2.24) is 10.2 Å². The van der Waals surface area contributed by atoms with Gasteiger partial charge in [0.25, 0.3) is 0 Å². The highest BCUT2D eigenvalue weighted by Crippen LogP contribution is 2.29. The quantitative estimate of drug-likeness (QED) is 0.762. The Labute approximate surface area is 130 Å². The number of aryl methyl sites for hydroxylation is 1. The Morgan fingerprint density at radius 1 is 1.36 bits per heavy atom. The first-order chi connectivity index (χ1) is 10.7. The molecule has 5 heteroatoms. The third-order valence-electron chi connectivity index (χ3n) is 4.77. The van der Waals surface area contributed by atoms with Crippen molar-refractivity contribution in [2.24, 2.45) is 0 Å². The summed E-state index contributed by atoms with van der Waals surface area (Å²) in [4.78, 5) is 14.2. The van der Waals surface area contributed by atoms with Crippen molar-refractivity contribution in [3.63, 3.8) is 0 Å². The van der Waals surface area contributed by atoms with E-state index in [2.05, 4.69) is 17.4 Å². The summed E-state index contributed by atoms with van der Waals surface area (Å²) in [7, 11) is 0. The first-order valence-corrected chi connectivity index (χ1v) is 8.07. The fourth-order valence-electron chi connectivity index (χ4n) is 3.67. The Hall–Kier alpha value is -1.43. The van der Waals surface area contributed by atoms with E-state index in [9.17, 15) is 15.0 Å². The van der Waals surface area contributed by atoms with E-state index in [1.54, 1.807) is 0 Å². The Kier molecular flexibility index (Phi) is 4.76. The molecule has 0 aromatic heterocycles. The van der Waals surface area contributed by atoms with Gasteiger partial charge in [0.15, 0.2) is 0 Å². The van der Waals surface area contributed by atoms with Gasteiger partial charge >= 0.3 is 0 Å². The van der Waals surface area contributed by atoms with E-state index >= 15 is 0 Å². The van der Waals surface area contributed by atoms with Gasteiger partial charge in [0.05, 0.1) is 25.3 Å². The van der Waals surface area contributed by atoms with Gasteiger partial charge in [0.1, 0.15) is 0 Å². The van der Waals surface area contributed by atoms with Crippen LogP contribution in [0.15, 0.2) is 24.3 Å². The molecule has 22 heavy (non-hydrogen) atoms. The van der Waals surface area contributed by atoms with Crippen LogP contribution in [0.4, 0.5) is 0 Å². The number of hydrogen-bond donors (Lipinski definition) is 3. The number of benzene rings is 1. The highest BCUT2D eigenvalue weighted by Gasteiger charge is 2.32. The van der Waals surface area contributed by atoms with Crippen LogP contribution in [-0.2, 0) is 11.2 Å². The molecule has 3 atom stereocenters. The van der Waals surface area contributed by atoms with Gasteiger partial charge in [-0.3, -0.25) is 9.69 Å². The number of aliphatic hydroxyl groups is 2. The van der Waals surface area contributed by atoms with Crippen LogP contribution < -0.4 is 5.32 Å². The second-order valence-electron chi connectivity index (χ2n) is 6.37. The third kappa shape index (κ3) is 3.32. The summed E-state index contributed by atoms with van der Waals surface area (Å²) in [5.74, 6) is -0.0331. The van der Waals surface area contributed by atoms with Crippen molar-refractivity contribution in [2.75, 3.05) is 19.7 Å². The molecule has 0 bridgehead atoms. The summed E-state index contributed by atoms with van der Waals surface area (Å²) in [6, 6.07) is 8.25. The first-order valence-electron chi connectivity index (χ1n) is 8.07. The predicted molar refractivity (Wildman–Crippen MR) is 83.3 cm³/mol. The number of β-amino-alcohol motifs (C(OH)–C–C–N with tert-alkyl or cyclic N) is 1. The fourth-order valence-corrected chi connectivity index (χ4v) is 3.67. The molecule has 0 spiro atoms. The number of amides is 1. The zero-order chi connectivity index (χ0) is 15.5. The van der Waals surface area contributed by atoms with E-state index in [1.165, 1.54) is 11.1 Å². The molecule has 1 aromatic rings. The van der Waals surface area contributed by atoms with E-state index in [0.717, 1.165) is 19.3 Å². The molecule has 1 fully saturated rings. The molecule has 120 valence electrons. The van der Waals surface area contributed by atoms with Gasteiger partial charge in [-0.2, -0.15) is 0 Å². The van der Waals surface area contributed by atoms with Gasteiger partial charge in [-0.1, -0.05) is 24.3 Å². The van der Waals surface area contributed by atoms with Gasteiger partial charge in [-0.15, -0.1) is 0 Å². The summed E-state index contributed by atoms with van der Waals surface area (Å²) >= 11 is 0. The number of carbonyl (C=O) groups is 1. The maximum atomic E-state index is 12.3. The average molecular weight is 304 g/mol. The Morgan fingerprint density at radius 2 is 2.18 bits per heavy atom. The van der Waals surface area contributed by atoms with Crippen LogP contribution in [-0.4, -0.2) is 52.9 Å². The molecule has 0 saturated carbocycles. The van der Waals surface area contributed by atoms with E-state index in [0.29, 0.717) is 13.0 Å². The molecule has 5 nitrogen and oxygen atoms in total. The van der Waals surface area contributed by atoms with E-state index in [4.69, 9.17) is 0 Å². The smallest absolute Gasteiger partial charge is 0.234 e. The van der Waals surface area contributed by atoms with E-state index in [1.807, 2.05) is 17.0 Å². The monoisotopic (exact) mass is 304 g/mol. The van der Waals surface area contributed by atoms with Crippen LogP contribution >= 0.6 is 0 Å². The Morgan fingerprint density at radius 3 is 3.00 bits per heavy atom. The number of likely N-dealkylation sites (tertiary alicyclic amines) is 1. The SMILES string of the molecule is O=C(CN1CC(O)CC1CO)NC1CCCc2ccccc21. The minimum atomic E-state index is -0.444. The summed E-state index contributed by atoms with van der Waals surface area (Å²) < 4.78 is 0. The summed E-state index contributed by atoms with van der Waals surface area (Å²) in [6.07, 6.45) is 3.22. The lowest BCUT2D eigenvalue weighted by molar-refractivity contribution is -0.123.